The lowest BCUT2D eigenvalue weighted by molar-refractivity contribution is -0.140. The highest BCUT2D eigenvalue weighted by atomic mass is 32.1. The summed E-state index contributed by atoms with van der Waals surface area (Å²) in [5.74, 6) is -1.05. The number of rotatable bonds is 5. The molecule has 152 valence electrons. The number of ketones is 1. The van der Waals surface area contributed by atoms with Gasteiger partial charge in [0.2, 0.25) is 0 Å². The fourth-order valence-electron chi connectivity index (χ4n) is 4.00. The molecule has 3 heterocycles. The molecule has 2 aromatic rings. The minimum absolute atomic E-state index is 0.0951. The van der Waals surface area contributed by atoms with Crippen LogP contribution < -0.4 is 4.74 Å². The molecular weight excluding hydrogens is 390 g/mol. The molecule has 2 aliphatic rings. The van der Waals surface area contributed by atoms with Crippen molar-refractivity contribution in [2.24, 2.45) is 0 Å². The van der Waals surface area contributed by atoms with Crippen LogP contribution in [-0.2, 0) is 14.3 Å². The predicted octanol–water partition coefficient (Wildman–Crippen LogP) is 3.67. The Morgan fingerprint density at radius 1 is 1.31 bits per heavy atom. The van der Waals surface area contributed by atoms with E-state index >= 15 is 0 Å². The monoisotopic (exact) mass is 413 g/mol. The van der Waals surface area contributed by atoms with Gasteiger partial charge in [-0.2, -0.15) is 0 Å². The number of Topliss-reactive ketones (excluding diaryl/α,β-unsaturated/α-hetero) is 1. The number of aliphatic hydroxyl groups excluding tert-OH is 1. The third kappa shape index (κ3) is 3.45. The Balaban J connectivity index is 1.85. The first kappa shape index (κ1) is 19.7. The third-order valence-corrected chi connectivity index (χ3v) is 6.55. The fraction of sp³-hybridized carbons (Fsp3) is 0.364. The number of nitrogens with zero attached hydrogens (tertiary/aromatic N) is 1. The van der Waals surface area contributed by atoms with Gasteiger partial charge in [0.15, 0.2) is 0 Å². The van der Waals surface area contributed by atoms with Crippen LogP contribution in [0.1, 0.15) is 34.9 Å². The van der Waals surface area contributed by atoms with Crippen LogP contribution in [0, 0.1) is 6.92 Å². The van der Waals surface area contributed by atoms with E-state index in [1.54, 1.807) is 29.2 Å². The number of likely N-dealkylation sites (tertiary alicyclic amines) is 1. The first-order valence-electron chi connectivity index (χ1n) is 9.60. The van der Waals surface area contributed by atoms with Crippen molar-refractivity contribution in [3.05, 3.63) is 57.3 Å². The lowest BCUT2D eigenvalue weighted by Crippen LogP contribution is -2.36. The molecule has 0 aliphatic carbocycles. The van der Waals surface area contributed by atoms with Gasteiger partial charge in [0.25, 0.3) is 11.7 Å². The SMILES string of the molecule is COc1ccccc1/C(O)=C1\C(=O)C(=O)N(CC2CCCO2)C1c1sccc1C. The largest absolute Gasteiger partial charge is 0.507 e. The molecule has 2 fully saturated rings. The number of ether oxygens (including phenoxy) is 2. The number of aryl methyl sites for hydroxylation is 1. The number of para-hydroxylation sites is 1. The molecule has 1 N–H and O–H groups in total. The van der Waals surface area contributed by atoms with Gasteiger partial charge in [-0.05, 0) is 48.9 Å². The zero-order valence-electron chi connectivity index (χ0n) is 16.4. The smallest absolute Gasteiger partial charge is 0.295 e. The molecule has 1 amide bonds. The number of hydrogen-bond donors (Lipinski definition) is 1. The van der Waals surface area contributed by atoms with Gasteiger partial charge in [0.05, 0.1) is 30.4 Å². The molecule has 2 atom stereocenters. The highest BCUT2D eigenvalue weighted by molar-refractivity contribution is 7.10. The topological polar surface area (TPSA) is 76.1 Å². The summed E-state index contributed by atoms with van der Waals surface area (Å²) in [7, 11) is 1.50. The van der Waals surface area contributed by atoms with Crippen molar-refractivity contribution in [2.45, 2.75) is 31.9 Å². The van der Waals surface area contributed by atoms with Crippen molar-refractivity contribution in [2.75, 3.05) is 20.3 Å². The number of thiophene rings is 1. The molecule has 6 nitrogen and oxygen atoms in total. The van der Waals surface area contributed by atoms with E-state index in [1.165, 1.54) is 18.4 Å². The molecule has 2 unspecified atom stereocenters. The third-order valence-electron chi connectivity index (χ3n) is 5.48. The lowest BCUT2D eigenvalue weighted by atomic mass is 9.98. The van der Waals surface area contributed by atoms with E-state index in [9.17, 15) is 14.7 Å². The van der Waals surface area contributed by atoms with Crippen molar-refractivity contribution in [3.63, 3.8) is 0 Å². The van der Waals surface area contributed by atoms with Crippen LogP contribution in [0.2, 0.25) is 0 Å². The highest BCUT2D eigenvalue weighted by Crippen LogP contribution is 2.44. The summed E-state index contributed by atoms with van der Waals surface area (Å²) < 4.78 is 11.1. The zero-order chi connectivity index (χ0) is 20.5. The Morgan fingerprint density at radius 3 is 2.76 bits per heavy atom. The van der Waals surface area contributed by atoms with Gasteiger partial charge in [-0.15, -0.1) is 11.3 Å². The Kier molecular flexibility index (Phi) is 5.43. The number of aliphatic hydroxyl groups is 1. The summed E-state index contributed by atoms with van der Waals surface area (Å²) in [6.45, 7) is 2.94. The van der Waals surface area contributed by atoms with E-state index in [2.05, 4.69) is 0 Å². The van der Waals surface area contributed by atoms with Crippen LogP contribution in [0.5, 0.6) is 5.75 Å². The molecule has 1 aromatic carbocycles. The highest BCUT2D eigenvalue weighted by Gasteiger charge is 2.48. The second-order valence-corrected chi connectivity index (χ2v) is 8.20. The first-order chi connectivity index (χ1) is 14.0. The molecule has 29 heavy (non-hydrogen) atoms. The molecule has 2 saturated heterocycles. The normalized spacial score (nSPS) is 23.7. The summed E-state index contributed by atoms with van der Waals surface area (Å²) in [6, 6.07) is 8.25. The van der Waals surface area contributed by atoms with E-state index in [1.807, 2.05) is 18.4 Å². The van der Waals surface area contributed by atoms with E-state index in [0.717, 1.165) is 23.3 Å². The molecule has 0 saturated carbocycles. The minimum Gasteiger partial charge on any atom is -0.507 e. The zero-order valence-corrected chi connectivity index (χ0v) is 17.2. The van der Waals surface area contributed by atoms with Gasteiger partial charge >= 0.3 is 0 Å². The molecular formula is C22H23NO5S. The van der Waals surface area contributed by atoms with Crippen molar-refractivity contribution in [1.29, 1.82) is 0 Å². The number of amides is 1. The van der Waals surface area contributed by atoms with Crippen molar-refractivity contribution < 1.29 is 24.2 Å². The van der Waals surface area contributed by atoms with E-state index in [-0.39, 0.29) is 17.4 Å². The summed E-state index contributed by atoms with van der Waals surface area (Å²) in [5.41, 5.74) is 1.47. The van der Waals surface area contributed by atoms with Crippen LogP contribution in [0.3, 0.4) is 0 Å². The van der Waals surface area contributed by atoms with Crippen LogP contribution in [0.15, 0.2) is 41.3 Å². The Morgan fingerprint density at radius 2 is 2.10 bits per heavy atom. The maximum absolute atomic E-state index is 13.0. The Labute approximate surface area is 173 Å². The number of hydrogen-bond acceptors (Lipinski definition) is 6. The fourth-order valence-corrected chi connectivity index (χ4v) is 5.05. The first-order valence-corrected chi connectivity index (χ1v) is 10.5. The van der Waals surface area contributed by atoms with Crippen LogP contribution in [0.25, 0.3) is 5.76 Å². The molecule has 0 spiro atoms. The van der Waals surface area contributed by atoms with Gasteiger partial charge in [-0.3, -0.25) is 9.59 Å². The number of benzene rings is 1. The number of carbonyl (C=O) groups excluding carboxylic acids is 2. The van der Waals surface area contributed by atoms with Gasteiger partial charge in [0, 0.05) is 18.0 Å². The maximum Gasteiger partial charge on any atom is 0.295 e. The molecule has 0 bridgehead atoms. The Bertz CT molecular complexity index is 973. The van der Waals surface area contributed by atoms with E-state index in [4.69, 9.17) is 9.47 Å². The standard InChI is InChI=1S/C22H23NO5S/c1-13-9-11-29-21(13)18-17(19(24)15-7-3-4-8-16(15)27-2)20(25)22(26)23(18)12-14-6-5-10-28-14/h3-4,7-9,11,14,18,24H,5-6,10,12H2,1-2H3/b19-17+. The second kappa shape index (κ2) is 8.00. The quantitative estimate of drug-likeness (QED) is 0.460. The van der Waals surface area contributed by atoms with Gasteiger partial charge < -0.3 is 19.5 Å². The van der Waals surface area contributed by atoms with Crippen molar-refractivity contribution in [3.8, 4) is 5.75 Å². The summed E-state index contributed by atoms with van der Waals surface area (Å²) in [6.07, 6.45) is 1.70. The van der Waals surface area contributed by atoms with E-state index in [0.29, 0.717) is 24.5 Å². The average molecular weight is 413 g/mol. The molecule has 0 radical (unpaired) electrons. The molecule has 1 aromatic heterocycles. The van der Waals surface area contributed by atoms with Crippen molar-refractivity contribution in [1.82, 2.24) is 4.90 Å². The average Bonchev–Trinajstić information content (AvgIpc) is 3.45. The molecule has 7 heteroatoms. The molecule has 4 rings (SSSR count). The van der Waals surface area contributed by atoms with E-state index < -0.39 is 17.7 Å². The van der Waals surface area contributed by atoms with Crippen LogP contribution in [-0.4, -0.2) is 48.1 Å². The number of methoxy groups -OCH3 is 1. The summed E-state index contributed by atoms with van der Waals surface area (Å²) in [5, 5.41) is 13.1. The van der Waals surface area contributed by atoms with Gasteiger partial charge in [-0.25, -0.2) is 0 Å². The number of carbonyl (C=O) groups is 2. The summed E-state index contributed by atoms with van der Waals surface area (Å²) >= 11 is 1.48. The van der Waals surface area contributed by atoms with Crippen molar-refractivity contribution >= 4 is 28.8 Å². The Hall–Kier alpha value is -2.64. The maximum atomic E-state index is 13.0. The van der Waals surface area contributed by atoms with Gasteiger partial charge in [0.1, 0.15) is 11.5 Å². The summed E-state index contributed by atoms with van der Waals surface area (Å²) in [4.78, 5) is 28.4. The minimum atomic E-state index is -0.677. The predicted molar refractivity (Wildman–Crippen MR) is 110 cm³/mol. The second-order valence-electron chi connectivity index (χ2n) is 7.25. The van der Waals surface area contributed by atoms with Crippen LogP contribution >= 0.6 is 11.3 Å². The lowest BCUT2D eigenvalue weighted by Gasteiger charge is -2.27. The van der Waals surface area contributed by atoms with Gasteiger partial charge in [-0.1, -0.05) is 12.1 Å². The van der Waals surface area contributed by atoms with Crippen LogP contribution in [0.4, 0.5) is 0 Å². The molecule has 2 aliphatic heterocycles.